The van der Waals surface area contributed by atoms with Crippen molar-refractivity contribution in [3.8, 4) is 0 Å². The number of nitrogens with two attached hydrogens (primary N) is 1. The van der Waals surface area contributed by atoms with Crippen LogP contribution in [0.2, 0.25) is 5.02 Å². The van der Waals surface area contributed by atoms with Crippen LogP contribution in [0.4, 0.5) is 0 Å². The minimum absolute atomic E-state index is 0.0781. The van der Waals surface area contributed by atoms with E-state index in [2.05, 4.69) is 15.0 Å². The highest BCUT2D eigenvalue weighted by atomic mass is 35.5. The molecule has 5 aromatic rings. The van der Waals surface area contributed by atoms with Crippen molar-refractivity contribution in [2.24, 2.45) is 19.8 Å². The Kier molecular flexibility index (Phi) is 5.15. The summed E-state index contributed by atoms with van der Waals surface area (Å²) in [4.78, 5) is 38.4. The smallest absolute Gasteiger partial charge is 0.332 e. The zero-order valence-corrected chi connectivity index (χ0v) is 18.9. The van der Waals surface area contributed by atoms with Crippen molar-refractivity contribution >= 4 is 33.7 Å². The van der Waals surface area contributed by atoms with Crippen molar-refractivity contribution in [2.75, 3.05) is 0 Å². The van der Waals surface area contributed by atoms with Gasteiger partial charge in [0.05, 0.1) is 12.6 Å². The van der Waals surface area contributed by atoms with Crippen LogP contribution in [-0.2, 0) is 27.1 Å². The number of benzene rings is 1. The Morgan fingerprint density at radius 1 is 1.15 bits per heavy atom. The normalized spacial score (nSPS) is 12.6. The number of nitrogens with one attached hydrogen (secondary N) is 1. The van der Waals surface area contributed by atoms with Gasteiger partial charge < -0.3 is 15.3 Å². The van der Waals surface area contributed by atoms with Crippen LogP contribution >= 0.6 is 11.6 Å². The van der Waals surface area contributed by atoms with Crippen molar-refractivity contribution in [2.45, 2.75) is 19.0 Å². The Labute approximate surface area is 193 Å². The van der Waals surface area contributed by atoms with Crippen LogP contribution in [-0.4, -0.2) is 28.7 Å². The van der Waals surface area contributed by atoms with Crippen LogP contribution in [0.25, 0.3) is 22.1 Å². The molecular weight excluding hydrogens is 442 g/mol. The van der Waals surface area contributed by atoms with Gasteiger partial charge in [0.2, 0.25) is 0 Å². The molecule has 4 aromatic heterocycles. The molecule has 0 bridgehead atoms. The van der Waals surface area contributed by atoms with Crippen LogP contribution < -0.4 is 17.0 Å². The molecule has 0 radical (unpaired) electrons. The summed E-state index contributed by atoms with van der Waals surface area (Å²) in [7, 11) is 3.35. The summed E-state index contributed by atoms with van der Waals surface area (Å²) in [6.07, 6.45) is 3.95. The first kappa shape index (κ1) is 21.2. The molecule has 33 heavy (non-hydrogen) atoms. The molecule has 5 rings (SSSR count). The van der Waals surface area contributed by atoms with Crippen molar-refractivity contribution in [3.05, 3.63) is 91.7 Å². The average molecular weight is 464 g/mol. The van der Waals surface area contributed by atoms with E-state index in [0.717, 1.165) is 16.5 Å². The maximum atomic E-state index is 13.4. The number of aromatic amines is 1. The molecule has 168 valence electrons. The Morgan fingerprint density at radius 2 is 1.97 bits per heavy atom. The highest BCUT2D eigenvalue weighted by Crippen LogP contribution is 2.24. The Balaban J connectivity index is 1.59. The predicted molar refractivity (Wildman–Crippen MR) is 127 cm³/mol. The SMILES string of the molecule is Cn1c([C@H](N)Cc2cccnc2)nc2c1c(=O)n(Cc1cc3c(Cl)cccc3[nH]1)c(=O)n2C. The van der Waals surface area contributed by atoms with E-state index in [0.29, 0.717) is 34.1 Å². The fourth-order valence-electron chi connectivity index (χ4n) is 4.23. The van der Waals surface area contributed by atoms with Crippen molar-refractivity contribution in [3.63, 3.8) is 0 Å². The number of aromatic nitrogens is 6. The zero-order valence-electron chi connectivity index (χ0n) is 18.1. The molecule has 0 unspecified atom stereocenters. The second-order valence-corrected chi connectivity index (χ2v) is 8.51. The number of nitrogens with zero attached hydrogens (tertiary/aromatic N) is 5. The fraction of sp³-hybridized carbons (Fsp3) is 0.217. The van der Waals surface area contributed by atoms with Gasteiger partial charge in [-0.25, -0.2) is 9.78 Å². The molecule has 0 aliphatic heterocycles. The topological polar surface area (TPSA) is 117 Å². The van der Waals surface area contributed by atoms with Crippen molar-refractivity contribution in [1.29, 1.82) is 0 Å². The second-order valence-electron chi connectivity index (χ2n) is 8.10. The number of H-pyrrole nitrogens is 1. The van der Waals surface area contributed by atoms with Gasteiger partial charge in [-0.15, -0.1) is 0 Å². The van der Waals surface area contributed by atoms with E-state index >= 15 is 0 Å². The van der Waals surface area contributed by atoms with E-state index in [1.54, 1.807) is 37.1 Å². The number of rotatable bonds is 5. The molecule has 3 N–H and O–H groups in total. The maximum absolute atomic E-state index is 13.4. The minimum Gasteiger partial charge on any atom is -0.357 e. The number of fused-ring (bicyclic) bond motifs is 2. The van der Waals surface area contributed by atoms with Crippen molar-refractivity contribution < 1.29 is 0 Å². The molecule has 9 nitrogen and oxygen atoms in total. The first-order chi connectivity index (χ1) is 15.8. The lowest BCUT2D eigenvalue weighted by Gasteiger charge is -2.11. The lowest BCUT2D eigenvalue weighted by molar-refractivity contribution is 0.634. The van der Waals surface area contributed by atoms with Crippen LogP contribution in [0, 0.1) is 0 Å². The second kappa shape index (κ2) is 8.02. The average Bonchev–Trinajstić information content (AvgIpc) is 3.38. The highest BCUT2D eigenvalue weighted by molar-refractivity contribution is 6.35. The monoisotopic (exact) mass is 463 g/mol. The van der Waals surface area contributed by atoms with Crippen LogP contribution in [0.15, 0.2) is 58.4 Å². The summed E-state index contributed by atoms with van der Waals surface area (Å²) in [6, 6.07) is 10.7. The standard InChI is InChI=1S/C23H22ClN7O2/c1-29-19-21(28-20(29)17(25)9-13-5-4-8-26-11-13)30(2)23(33)31(22(19)32)12-14-10-15-16(24)6-3-7-18(15)27-14/h3-8,10-11,17,27H,9,12,25H2,1-2H3/t17-/m1/s1. The molecule has 10 heteroatoms. The number of hydrogen-bond acceptors (Lipinski definition) is 5. The maximum Gasteiger partial charge on any atom is 0.332 e. The first-order valence-corrected chi connectivity index (χ1v) is 10.8. The number of aryl methyl sites for hydroxylation is 2. The molecule has 0 fully saturated rings. The summed E-state index contributed by atoms with van der Waals surface area (Å²) in [5.41, 5.74) is 8.67. The third-order valence-electron chi connectivity index (χ3n) is 5.90. The minimum atomic E-state index is -0.467. The van der Waals surface area contributed by atoms with Crippen LogP contribution in [0.5, 0.6) is 0 Å². The number of halogens is 1. The summed E-state index contributed by atoms with van der Waals surface area (Å²) >= 11 is 6.27. The van der Waals surface area contributed by atoms with E-state index in [9.17, 15) is 9.59 Å². The zero-order chi connectivity index (χ0) is 23.3. The van der Waals surface area contributed by atoms with Gasteiger partial charge in [0.15, 0.2) is 11.2 Å². The third kappa shape index (κ3) is 3.55. The van der Waals surface area contributed by atoms with Gasteiger partial charge in [0.1, 0.15) is 5.82 Å². The quantitative estimate of drug-likeness (QED) is 0.414. The molecule has 0 aliphatic rings. The molecule has 0 amide bonds. The molecule has 1 atom stereocenters. The van der Waals surface area contributed by atoms with Crippen LogP contribution in [0.3, 0.4) is 0 Å². The Morgan fingerprint density at radius 3 is 2.70 bits per heavy atom. The van der Waals surface area contributed by atoms with E-state index in [-0.39, 0.29) is 6.54 Å². The summed E-state index contributed by atoms with van der Waals surface area (Å²) < 4.78 is 4.25. The molecule has 1 aromatic carbocycles. The van der Waals surface area contributed by atoms with Crippen LogP contribution in [0.1, 0.15) is 23.1 Å². The summed E-state index contributed by atoms with van der Waals surface area (Å²) in [6.45, 7) is 0.0781. The highest BCUT2D eigenvalue weighted by Gasteiger charge is 2.22. The van der Waals surface area contributed by atoms with E-state index in [1.807, 2.05) is 30.3 Å². The Hall–Kier alpha value is -3.69. The predicted octanol–water partition coefficient (Wildman–Crippen LogP) is 2.25. The third-order valence-corrected chi connectivity index (χ3v) is 6.23. The van der Waals surface area contributed by atoms with E-state index < -0.39 is 17.3 Å². The molecule has 0 aliphatic carbocycles. The van der Waals surface area contributed by atoms with Gasteiger partial charge in [0, 0.05) is 48.1 Å². The molecule has 0 saturated carbocycles. The van der Waals surface area contributed by atoms with Crippen molar-refractivity contribution in [1.82, 2.24) is 28.7 Å². The van der Waals surface area contributed by atoms with Gasteiger partial charge in [-0.3, -0.25) is 18.9 Å². The summed E-state index contributed by atoms with van der Waals surface area (Å²) in [5, 5.41) is 1.44. The molecule has 0 saturated heterocycles. The fourth-order valence-corrected chi connectivity index (χ4v) is 4.46. The number of pyridine rings is 1. The molecule has 4 heterocycles. The van der Waals surface area contributed by atoms with Gasteiger partial charge in [-0.2, -0.15) is 0 Å². The molecule has 0 spiro atoms. The van der Waals surface area contributed by atoms with E-state index in [4.69, 9.17) is 17.3 Å². The van der Waals surface area contributed by atoms with Gasteiger partial charge in [-0.05, 0) is 36.2 Å². The van der Waals surface area contributed by atoms with Gasteiger partial charge >= 0.3 is 5.69 Å². The first-order valence-electron chi connectivity index (χ1n) is 10.4. The van der Waals surface area contributed by atoms with Gasteiger partial charge in [-0.1, -0.05) is 23.7 Å². The Bertz CT molecular complexity index is 1610. The molecular formula is C23H22ClN7O2. The number of imidazole rings is 1. The number of hydrogen-bond donors (Lipinski definition) is 2. The summed E-state index contributed by atoms with van der Waals surface area (Å²) in [5.74, 6) is 0.524. The lowest BCUT2D eigenvalue weighted by atomic mass is 10.1. The lowest BCUT2D eigenvalue weighted by Crippen LogP contribution is -2.39. The van der Waals surface area contributed by atoms with E-state index in [1.165, 1.54) is 9.13 Å². The largest absolute Gasteiger partial charge is 0.357 e. The van der Waals surface area contributed by atoms with Gasteiger partial charge in [0.25, 0.3) is 5.56 Å².